The molecule has 3 aliphatic rings. The van der Waals surface area contributed by atoms with Gasteiger partial charge in [-0.3, -0.25) is 9.59 Å². The minimum absolute atomic E-state index is 0.00660. The highest BCUT2D eigenvalue weighted by Gasteiger charge is 2.59. The molecule has 3 rings (SSSR count). The highest BCUT2D eigenvalue weighted by Crippen LogP contribution is 2.59. The van der Waals surface area contributed by atoms with Gasteiger partial charge in [-0.2, -0.15) is 0 Å². The molecule has 1 heterocycles. The number of alkyl halides is 2. The van der Waals surface area contributed by atoms with Gasteiger partial charge in [0.1, 0.15) is 0 Å². The number of amides is 1. The first-order valence-corrected chi connectivity index (χ1v) is 7.72. The number of carbonyl (C=O) groups is 2. The second-order valence-corrected chi connectivity index (χ2v) is 6.91. The van der Waals surface area contributed by atoms with Crippen molar-refractivity contribution >= 4 is 11.9 Å². The van der Waals surface area contributed by atoms with Crippen molar-refractivity contribution in [2.75, 3.05) is 13.1 Å². The van der Waals surface area contributed by atoms with Crippen molar-refractivity contribution in [1.29, 1.82) is 0 Å². The Morgan fingerprint density at radius 1 is 1.05 bits per heavy atom. The van der Waals surface area contributed by atoms with Crippen molar-refractivity contribution in [3.63, 3.8) is 0 Å². The fourth-order valence-corrected chi connectivity index (χ4v) is 3.97. The lowest BCUT2D eigenvalue weighted by Gasteiger charge is -2.36. The molecule has 1 aliphatic heterocycles. The third-order valence-electron chi connectivity index (χ3n) is 5.63. The Labute approximate surface area is 122 Å². The average molecular weight is 301 g/mol. The quantitative estimate of drug-likeness (QED) is 0.852. The van der Waals surface area contributed by atoms with Crippen molar-refractivity contribution in [3.8, 4) is 0 Å². The minimum Gasteiger partial charge on any atom is -0.481 e. The summed E-state index contributed by atoms with van der Waals surface area (Å²) in [6.07, 6.45) is 2.35. The molecule has 0 aromatic rings. The Morgan fingerprint density at radius 3 is 2.10 bits per heavy atom. The molecule has 4 nitrogen and oxygen atoms in total. The van der Waals surface area contributed by atoms with Gasteiger partial charge in [0.2, 0.25) is 11.8 Å². The zero-order chi connectivity index (χ0) is 15.3. The van der Waals surface area contributed by atoms with Gasteiger partial charge in [-0.1, -0.05) is 0 Å². The van der Waals surface area contributed by atoms with Gasteiger partial charge in [-0.05, 0) is 37.5 Å². The third kappa shape index (κ3) is 2.77. The van der Waals surface area contributed by atoms with Crippen molar-refractivity contribution in [2.45, 2.75) is 50.9 Å². The zero-order valence-electron chi connectivity index (χ0n) is 12.0. The van der Waals surface area contributed by atoms with E-state index in [1.807, 2.05) is 0 Å². The number of hydrogen-bond donors (Lipinski definition) is 1. The predicted molar refractivity (Wildman–Crippen MR) is 70.9 cm³/mol. The molecule has 6 heteroatoms. The normalized spacial score (nSPS) is 31.1. The fraction of sp³-hybridized carbons (Fsp3) is 0.867. The second kappa shape index (κ2) is 4.92. The van der Waals surface area contributed by atoms with Gasteiger partial charge in [0, 0.05) is 31.8 Å². The number of piperidine rings is 1. The van der Waals surface area contributed by atoms with Crippen LogP contribution in [0.1, 0.15) is 44.9 Å². The van der Waals surface area contributed by atoms with E-state index in [0.717, 1.165) is 19.3 Å². The molecule has 2 saturated carbocycles. The van der Waals surface area contributed by atoms with E-state index in [4.69, 9.17) is 5.11 Å². The molecule has 21 heavy (non-hydrogen) atoms. The van der Waals surface area contributed by atoms with E-state index < -0.39 is 11.9 Å². The second-order valence-electron chi connectivity index (χ2n) is 6.91. The molecule has 118 valence electrons. The van der Waals surface area contributed by atoms with Crippen LogP contribution in [0, 0.1) is 17.3 Å². The Morgan fingerprint density at radius 2 is 1.62 bits per heavy atom. The molecule has 1 spiro atoms. The number of aliphatic carboxylic acids is 1. The van der Waals surface area contributed by atoms with Gasteiger partial charge in [0.15, 0.2) is 0 Å². The molecule has 0 aromatic heterocycles. The lowest BCUT2D eigenvalue weighted by Crippen LogP contribution is -2.44. The van der Waals surface area contributed by atoms with Crippen LogP contribution in [0.2, 0.25) is 0 Å². The minimum atomic E-state index is -2.61. The van der Waals surface area contributed by atoms with Crippen LogP contribution in [0.15, 0.2) is 0 Å². The predicted octanol–water partition coefficient (Wildman–Crippen LogP) is 2.53. The van der Waals surface area contributed by atoms with E-state index >= 15 is 0 Å². The molecule has 0 unspecified atom stereocenters. The summed E-state index contributed by atoms with van der Waals surface area (Å²) in [4.78, 5) is 25.1. The number of carbonyl (C=O) groups excluding carboxylic acids is 1. The molecule has 1 N–H and O–H groups in total. The number of carboxylic acids is 1. The van der Waals surface area contributed by atoms with E-state index in [1.165, 1.54) is 0 Å². The Kier molecular flexibility index (Phi) is 3.45. The van der Waals surface area contributed by atoms with Crippen LogP contribution in [-0.2, 0) is 9.59 Å². The molecule has 0 bridgehead atoms. The van der Waals surface area contributed by atoms with E-state index in [1.54, 1.807) is 4.90 Å². The topological polar surface area (TPSA) is 57.6 Å². The first kappa shape index (κ1) is 14.7. The van der Waals surface area contributed by atoms with Crippen molar-refractivity contribution in [2.24, 2.45) is 17.3 Å². The number of likely N-dealkylation sites (tertiary alicyclic amines) is 1. The van der Waals surface area contributed by atoms with E-state index in [-0.39, 0.29) is 48.8 Å². The van der Waals surface area contributed by atoms with Gasteiger partial charge in [-0.25, -0.2) is 8.78 Å². The molecular weight excluding hydrogens is 280 g/mol. The molecule has 0 radical (unpaired) electrons. The van der Waals surface area contributed by atoms with Crippen LogP contribution >= 0.6 is 0 Å². The van der Waals surface area contributed by atoms with Crippen molar-refractivity contribution < 1.29 is 23.5 Å². The van der Waals surface area contributed by atoms with Crippen LogP contribution in [0.5, 0.6) is 0 Å². The van der Waals surface area contributed by atoms with Crippen LogP contribution in [0.4, 0.5) is 8.78 Å². The van der Waals surface area contributed by atoms with E-state index in [0.29, 0.717) is 13.1 Å². The molecule has 3 fully saturated rings. The summed E-state index contributed by atoms with van der Waals surface area (Å²) >= 11 is 0. The lowest BCUT2D eigenvalue weighted by molar-refractivity contribution is -0.142. The number of carboxylic acid groups (broad SMARTS) is 1. The molecular formula is C15H21F2NO3. The molecule has 1 amide bonds. The van der Waals surface area contributed by atoms with E-state index in [9.17, 15) is 18.4 Å². The number of halogens is 2. The van der Waals surface area contributed by atoms with Gasteiger partial charge in [0.25, 0.3) is 0 Å². The highest BCUT2D eigenvalue weighted by molar-refractivity contribution is 5.79. The SMILES string of the molecule is O=C(O)[C@H]1CC12CCN(C(=O)C1CCC(F)(F)CC1)CC2. The average Bonchev–Trinajstić information content (AvgIpc) is 3.13. The summed E-state index contributed by atoms with van der Waals surface area (Å²) in [6, 6.07) is 0. The summed E-state index contributed by atoms with van der Waals surface area (Å²) in [6.45, 7) is 1.16. The number of hydrogen-bond acceptors (Lipinski definition) is 2. The summed E-state index contributed by atoms with van der Waals surface area (Å²) in [5, 5.41) is 9.05. The van der Waals surface area contributed by atoms with Crippen molar-refractivity contribution in [1.82, 2.24) is 4.90 Å². The maximum Gasteiger partial charge on any atom is 0.307 e. The largest absolute Gasteiger partial charge is 0.481 e. The number of nitrogens with zero attached hydrogens (tertiary/aromatic N) is 1. The maximum absolute atomic E-state index is 13.1. The monoisotopic (exact) mass is 301 g/mol. The van der Waals surface area contributed by atoms with Crippen molar-refractivity contribution in [3.05, 3.63) is 0 Å². The summed E-state index contributed by atoms with van der Waals surface area (Å²) < 4.78 is 26.3. The van der Waals surface area contributed by atoms with Gasteiger partial charge < -0.3 is 10.0 Å². The molecule has 1 atom stereocenters. The Bertz CT molecular complexity index is 448. The molecule has 1 saturated heterocycles. The highest BCUT2D eigenvalue weighted by atomic mass is 19.3. The smallest absolute Gasteiger partial charge is 0.307 e. The number of rotatable bonds is 2. The van der Waals surface area contributed by atoms with Crippen LogP contribution in [-0.4, -0.2) is 40.9 Å². The van der Waals surface area contributed by atoms with Gasteiger partial charge in [0.05, 0.1) is 5.92 Å². The summed E-state index contributed by atoms with van der Waals surface area (Å²) in [7, 11) is 0. The summed E-state index contributed by atoms with van der Waals surface area (Å²) in [5.41, 5.74) is -0.0950. The third-order valence-corrected chi connectivity index (χ3v) is 5.63. The Hall–Kier alpha value is -1.20. The van der Waals surface area contributed by atoms with Crippen LogP contribution in [0.25, 0.3) is 0 Å². The van der Waals surface area contributed by atoms with Crippen LogP contribution < -0.4 is 0 Å². The molecule has 0 aromatic carbocycles. The first-order chi connectivity index (χ1) is 9.83. The van der Waals surface area contributed by atoms with Gasteiger partial charge in [-0.15, -0.1) is 0 Å². The fourth-order valence-electron chi connectivity index (χ4n) is 3.97. The summed E-state index contributed by atoms with van der Waals surface area (Å²) in [5.74, 6) is -3.86. The lowest BCUT2D eigenvalue weighted by atomic mass is 9.84. The van der Waals surface area contributed by atoms with Gasteiger partial charge >= 0.3 is 5.97 Å². The standard InChI is InChI=1S/C15H21F2NO3/c16-15(17)3-1-10(2-4-15)12(19)18-7-5-14(6-8-18)9-11(14)13(20)21/h10-11H,1-9H2,(H,20,21)/t11-/m1/s1. The Balaban J connectivity index is 1.51. The first-order valence-electron chi connectivity index (χ1n) is 7.72. The maximum atomic E-state index is 13.1. The zero-order valence-corrected chi connectivity index (χ0v) is 12.0. The molecule has 2 aliphatic carbocycles. The van der Waals surface area contributed by atoms with E-state index in [2.05, 4.69) is 0 Å². The van der Waals surface area contributed by atoms with Crippen LogP contribution in [0.3, 0.4) is 0 Å².